The van der Waals surface area contributed by atoms with Crippen LogP contribution in [0, 0.1) is 5.82 Å². The smallest absolute Gasteiger partial charge is 0.319 e. The lowest BCUT2D eigenvalue weighted by Crippen LogP contribution is -2.45. The average molecular weight is 402 g/mol. The van der Waals surface area contributed by atoms with Crippen molar-refractivity contribution in [2.75, 3.05) is 32.2 Å². The van der Waals surface area contributed by atoms with Crippen molar-refractivity contribution in [2.24, 2.45) is 5.16 Å². The fourth-order valence-corrected chi connectivity index (χ4v) is 3.05. The summed E-state index contributed by atoms with van der Waals surface area (Å²) in [7, 11) is 1.60. The molecule has 2 amide bonds. The Balaban J connectivity index is 1.75. The molecule has 4 N–H and O–H groups in total. The van der Waals surface area contributed by atoms with Crippen molar-refractivity contribution in [2.45, 2.75) is 12.0 Å². The number of hydrogen-bond donors (Lipinski definition) is 4. The fraction of sp³-hybridized carbons (Fsp3) is 0.300. The highest BCUT2D eigenvalue weighted by molar-refractivity contribution is 5.97. The number of anilines is 1. The molecule has 1 aliphatic rings. The largest absolute Gasteiger partial charge is 0.497 e. The lowest BCUT2D eigenvalue weighted by atomic mass is 9.94. The number of ether oxygens (including phenoxy) is 1. The summed E-state index contributed by atoms with van der Waals surface area (Å²) in [6, 6.07) is 12.1. The molecule has 2 atom stereocenters. The van der Waals surface area contributed by atoms with Gasteiger partial charge in [-0.1, -0.05) is 17.3 Å². The number of methoxy groups -OCH3 is 1. The monoisotopic (exact) mass is 402 g/mol. The number of halogens is 1. The zero-order valence-electron chi connectivity index (χ0n) is 15.9. The molecule has 0 bridgehead atoms. The van der Waals surface area contributed by atoms with Crippen molar-refractivity contribution < 1.29 is 23.9 Å². The van der Waals surface area contributed by atoms with Crippen molar-refractivity contribution in [1.82, 2.24) is 10.6 Å². The van der Waals surface area contributed by atoms with Gasteiger partial charge in [0.1, 0.15) is 24.2 Å². The number of carbonyl (C=O) groups is 1. The van der Waals surface area contributed by atoms with Crippen LogP contribution in [-0.4, -0.2) is 49.9 Å². The predicted molar refractivity (Wildman–Crippen MR) is 107 cm³/mol. The van der Waals surface area contributed by atoms with Crippen LogP contribution in [0.15, 0.2) is 53.7 Å². The minimum Gasteiger partial charge on any atom is -0.497 e. The summed E-state index contributed by atoms with van der Waals surface area (Å²) >= 11 is 0. The molecule has 9 heteroatoms. The molecule has 2 unspecified atom stereocenters. The van der Waals surface area contributed by atoms with Crippen LogP contribution in [0.25, 0.3) is 0 Å². The van der Waals surface area contributed by atoms with Crippen LogP contribution in [0.4, 0.5) is 14.9 Å². The standard InChI is InChI=1S/C20H23FN4O4/c1-28-16-8-2-13(3-9-16)17-12-22-19(25-29-11-10-26)18(17)24-20(27)23-15-6-4-14(21)5-7-15/h2-9,17-18,26H,10-12H2,1H3,(H,22,25)(H2,23,24,27). The van der Waals surface area contributed by atoms with E-state index in [1.54, 1.807) is 7.11 Å². The molecule has 1 fully saturated rings. The number of amidine groups is 1. The Morgan fingerprint density at radius 2 is 1.97 bits per heavy atom. The van der Waals surface area contributed by atoms with Gasteiger partial charge >= 0.3 is 6.03 Å². The van der Waals surface area contributed by atoms with Crippen LogP contribution in [0.5, 0.6) is 5.75 Å². The number of aliphatic hydroxyl groups excluding tert-OH is 1. The first kappa shape index (κ1) is 20.4. The molecule has 154 valence electrons. The maximum absolute atomic E-state index is 13.1. The fourth-order valence-electron chi connectivity index (χ4n) is 3.05. The molecule has 1 heterocycles. The van der Waals surface area contributed by atoms with E-state index in [4.69, 9.17) is 14.7 Å². The number of hydrogen-bond acceptors (Lipinski definition) is 5. The molecule has 0 radical (unpaired) electrons. The van der Waals surface area contributed by atoms with E-state index in [1.165, 1.54) is 24.3 Å². The van der Waals surface area contributed by atoms with E-state index in [-0.39, 0.29) is 24.9 Å². The number of nitrogens with one attached hydrogen (secondary N) is 3. The van der Waals surface area contributed by atoms with Crippen molar-refractivity contribution >= 4 is 17.6 Å². The first-order valence-corrected chi connectivity index (χ1v) is 9.12. The Hall–Kier alpha value is -3.33. The summed E-state index contributed by atoms with van der Waals surface area (Å²) in [5.41, 5.74) is 1.45. The molecule has 1 aliphatic heterocycles. The Morgan fingerprint density at radius 1 is 1.24 bits per heavy atom. The van der Waals surface area contributed by atoms with Gasteiger partial charge in [-0.2, -0.15) is 0 Å². The second kappa shape index (κ2) is 9.74. The highest BCUT2D eigenvalue weighted by atomic mass is 19.1. The topological polar surface area (TPSA) is 104 Å². The van der Waals surface area contributed by atoms with E-state index in [0.29, 0.717) is 18.1 Å². The molecular weight excluding hydrogens is 379 g/mol. The van der Waals surface area contributed by atoms with Crippen molar-refractivity contribution in [3.8, 4) is 5.75 Å². The third kappa shape index (κ3) is 5.35. The summed E-state index contributed by atoms with van der Waals surface area (Å²) < 4.78 is 18.2. The number of benzene rings is 2. The molecule has 0 aliphatic carbocycles. The van der Waals surface area contributed by atoms with Crippen LogP contribution in [-0.2, 0) is 4.84 Å². The first-order valence-electron chi connectivity index (χ1n) is 9.12. The summed E-state index contributed by atoms with van der Waals surface area (Å²) in [4.78, 5) is 17.6. The minimum atomic E-state index is -0.484. The second-order valence-electron chi connectivity index (χ2n) is 6.38. The molecular formula is C20H23FN4O4. The summed E-state index contributed by atoms with van der Waals surface area (Å²) in [5, 5.41) is 21.6. The van der Waals surface area contributed by atoms with Gasteiger partial charge in [-0.15, -0.1) is 0 Å². The molecule has 1 saturated heterocycles. The van der Waals surface area contributed by atoms with Crippen molar-refractivity contribution in [1.29, 1.82) is 0 Å². The third-order valence-electron chi connectivity index (χ3n) is 4.48. The molecule has 0 spiro atoms. The van der Waals surface area contributed by atoms with Gasteiger partial charge in [-0.3, -0.25) is 0 Å². The van der Waals surface area contributed by atoms with Gasteiger partial charge < -0.3 is 30.6 Å². The van der Waals surface area contributed by atoms with Crippen molar-refractivity contribution in [3.63, 3.8) is 0 Å². The van der Waals surface area contributed by atoms with Gasteiger partial charge in [0.15, 0.2) is 5.84 Å². The van der Waals surface area contributed by atoms with E-state index in [2.05, 4.69) is 21.1 Å². The average Bonchev–Trinajstić information content (AvgIpc) is 3.12. The van der Waals surface area contributed by atoms with E-state index >= 15 is 0 Å². The highest BCUT2D eigenvalue weighted by Gasteiger charge is 2.36. The van der Waals surface area contributed by atoms with E-state index in [1.807, 2.05) is 24.3 Å². The predicted octanol–water partition coefficient (Wildman–Crippen LogP) is 2.03. The second-order valence-corrected chi connectivity index (χ2v) is 6.38. The Kier molecular flexibility index (Phi) is 6.85. The van der Waals surface area contributed by atoms with Crippen LogP contribution < -0.4 is 20.7 Å². The maximum atomic E-state index is 13.1. The summed E-state index contributed by atoms with van der Waals surface area (Å²) in [6.45, 7) is 0.420. The molecule has 0 aromatic heterocycles. The number of rotatable bonds is 7. The quantitative estimate of drug-likeness (QED) is 0.419. The molecule has 29 heavy (non-hydrogen) atoms. The number of carbonyl (C=O) groups excluding carboxylic acids is 1. The Morgan fingerprint density at radius 3 is 2.62 bits per heavy atom. The lowest BCUT2D eigenvalue weighted by molar-refractivity contribution is 0.0974. The van der Waals surface area contributed by atoms with Crippen molar-refractivity contribution in [3.05, 3.63) is 59.9 Å². The van der Waals surface area contributed by atoms with E-state index in [9.17, 15) is 9.18 Å². The third-order valence-corrected chi connectivity index (χ3v) is 4.48. The van der Waals surface area contributed by atoms with E-state index < -0.39 is 12.1 Å². The van der Waals surface area contributed by atoms with Gasteiger partial charge in [-0.05, 0) is 42.0 Å². The molecule has 8 nitrogen and oxygen atoms in total. The Bertz CT molecular complexity index is 843. The van der Waals surface area contributed by atoms with E-state index in [0.717, 1.165) is 11.3 Å². The SMILES string of the molecule is COc1ccc(C2CN/C(=N\OCCO)C2NC(=O)Nc2ccc(F)cc2)cc1. The van der Waals surface area contributed by atoms with Gasteiger partial charge in [0.05, 0.1) is 13.7 Å². The number of oxime groups is 1. The van der Waals surface area contributed by atoms with Crippen LogP contribution in [0.1, 0.15) is 11.5 Å². The minimum absolute atomic E-state index is 0.0485. The van der Waals surface area contributed by atoms with Crippen LogP contribution >= 0.6 is 0 Å². The van der Waals surface area contributed by atoms with Gasteiger partial charge in [0.2, 0.25) is 0 Å². The van der Waals surface area contributed by atoms with Crippen LogP contribution in [0.3, 0.4) is 0 Å². The molecule has 2 aromatic rings. The molecule has 2 aromatic carbocycles. The highest BCUT2D eigenvalue weighted by Crippen LogP contribution is 2.26. The summed E-state index contributed by atoms with van der Waals surface area (Å²) in [6.07, 6.45) is 0. The first-order chi connectivity index (χ1) is 14.1. The van der Waals surface area contributed by atoms with Gasteiger partial charge in [0.25, 0.3) is 0 Å². The zero-order chi connectivity index (χ0) is 20.6. The maximum Gasteiger partial charge on any atom is 0.319 e. The van der Waals surface area contributed by atoms with Gasteiger partial charge in [-0.25, -0.2) is 9.18 Å². The summed E-state index contributed by atoms with van der Waals surface area (Å²) in [5.74, 6) is 0.703. The Labute approximate surface area is 167 Å². The number of urea groups is 1. The molecule has 0 saturated carbocycles. The van der Waals surface area contributed by atoms with Gasteiger partial charge in [0, 0.05) is 18.2 Å². The van der Waals surface area contributed by atoms with Crippen LogP contribution in [0.2, 0.25) is 0 Å². The lowest BCUT2D eigenvalue weighted by Gasteiger charge is -2.20. The number of amides is 2. The normalized spacial score (nSPS) is 19.5. The number of nitrogens with zero attached hydrogens (tertiary/aromatic N) is 1. The zero-order valence-corrected chi connectivity index (χ0v) is 15.9. The number of aliphatic hydroxyl groups is 1. The molecule has 3 rings (SSSR count).